The number of aliphatic hydroxyl groups is 1. The highest BCUT2D eigenvalue weighted by molar-refractivity contribution is 5.15. The fourth-order valence-corrected chi connectivity index (χ4v) is 1.45. The highest BCUT2D eigenvalue weighted by Gasteiger charge is 2.08. The third kappa shape index (κ3) is 4.83. The summed E-state index contributed by atoms with van der Waals surface area (Å²) >= 11 is 0. The summed E-state index contributed by atoms with van der Waals surface area (Å²) in [6.45, 7) is 4.71. The Morgan fingerprint density at radius 1 is 1.20 bits per heavy atom. The second kappa shape index (κ2) is 6.44. The van der Waals surface area contributed by atoms with Crippen molar-refractivity contribution >= 4 is 0 Å². The van der Waals surface area contributed by atoms with E-state index in [0.29, 0.717) is 5.70 Å². The number of piperazine rings is 1. The molecule has 1 aliphatic rings. The molecule has 0 spiro atoms. The molecule has 1 saturated heterocycles. The first kappa shape index (κ1) is 12.0. The maximum absolute atomic E-state index is 8.69. The van der Waals surface area contributed by atoms with E-state index in [1.165, 1.54) is 0 Å². The van der Waals surface area contributed by atoms with Crippen molar-refractivity contribution in [2.24, 2.45) is 11.5 Å². The summed E-state index contributed by atoms with van der Waals surface area (Å²) in [7, 11) is 0. The lowest BCUT2D eigenvalue weighted by Crippen LogP contribution is -2.44. The molecule has 86 valence electrons. The van der Waals surface area contributed by atoms with Crippen LogP contribution in [0.5, 0.6) is 0 Å². The van der Waals surface area contributed by atoms with Gasteiger partial charge in [-0.05, 0) is 12.2 Å². The molecule has 6 N–H and O–H groups in total. The van der Waals surface area contributed by atoms with Gasteiger partial charge in [-0.1, -0.05) is 0 Å². The number of nitrogens with zero attached hydrogens (tertiary/aromatic N) is 1. The molecular formula is C10H20N4O. The number of nitrogens with one attached hydrogen (secondary N) is 1. The highest BCUT2D eigenvalue weighted by atomic mass is 16.3. The Bertz CT molecular complexity index is 244. The monoisotopic (exact) mass is 212 g/mol. The Kier molecular flexibility index (Phi) is 5.17. The van der Waals surface area contributed by atoms with Gasteiger partial charge in [0.2, 0.25) is 0 Å². The van der Waals surface area contributed by atoms with E-state index in [1.54, 1.807) is 12.2 Å². The fraction of sp³-hybridized carbons (Fsp3) is 0.600. The number of allylic oxidation sites excluding steroid dienone is 2. The lowest BCUT2D eigenvalue weighted by Gasteiger charge is -2.27. The quantitative estimate of drug-likeness (QED) is 0.429. The van der Waals surface area contributed by atoms with Crippen LogP contribution in [0.2, 0.25) is 0 Å². The van der Waals surface area contributed by atoms with E-state index < -0.39 is 0 Å². The summed E-state index contributed by atoms with van der Waals surface area (Å²) in [5.41, 5.74) is 12.5. The van der Waals surface area contributed by atoms with Gasteiger partial charge in [-0.15, -0.1) is 0 Å². The van der Waals surface area contributed by atoms with Crippen molar-refractivity contribution in [2.45, 2.75) is 0 Å². The zero-order valence-electron chi connectivity index (χ0n) is 8.95. The molecule has 0 amide bonds. The van der Waals surface area contributed by atoms with Crippen LogP contribution in [0.1, 0.15) is 0 Å². The van der Waals surface area contributed by atoms with Gasteiger partial charge in [-0.25, -0.2) is 0 Å². The van der Waals surface area contributed by atoms with E-state index >= 15 is 0 Å². The Morgan fingerprint density at radius 3 is 2.40 bits per heavy atom. The normalized spacial score (nSPS) is 20.6. The summed E-state index contributed by atoms with van der Waals surface area (Å²) in [6, 6.07) is 0. The van der Waals surface area contributed by atoms with Crippen LogP contribution in [0, 0.1) is 0 Å². The molecule has 0 aromatic heterocycles. The Hall–Kier alpha value is -1.04. The molecule has 1 heterocycles. The minimum Gasteiger partial charge on any atom is -0.401 e. The molecular weight excluding hydrogens is 192 g/mol. The first-order chi connectivity index (χ1) is 7.22. The van der Waals surface area contributed by atoms with Gasteiger partial charge in [-0.2, -0.15) is 0 Å². The summed E-state index contributed by atoms with van der Waals surface area (Å²) in [6.07, 6.45) is 3.41. The zero-order valence-corrected chi connectivity index (χ0v) is 8.95. The molecule has 0 aromatic carbocycles. The van der Waals surface area contributed by atoms with E-state index in [-0.39, 0.29) is 6.61 Å². The molecule has 0 aromatic rings. The first-order valence-corrected chi connectivity index (χ1v) is 5.17. The minimum atomic E-state index is -0.128. The van der Waals surface area contributed by atoms with Crippen molar-refractivity contribution in [3.05, 3.63) is 23.5 Å². The van der Waals surface area contributed by atoms with E-state index in [4.69, 9.17) is 16.6 Å². The van der Waals surface area contributed by atoms with Gasteiger partial charge in [-0.3, -0.25) is 4.90 Å². The van der Waals surface area contributed by atoms with Crippen LogP contribution < -0.4 is 16.8 Å². The lowest BCUT2D eigenvalue weighted by atomic mass is 10.3. The lowest BCUT2D eigenvalue weighted by molar-refractivity contribution is 0.259. The molecule has 15 heavy (non-hydrogen) atoms. The highest BCUT2D eigenvalue weighted by Crippen LogP contribution is 1.96. The van der Waals surface area contributed by atoms with Gasteiger partial charge in [0, 0.05) is 44.1 Å². The van der Waals surface area contributed by atoms with Crippen molar-refractivity contribution in [2.75, 3.05) is 39.3 Å². The SMILES string of the molecule is N/C(=C\C=C(/N)CN1CCNCC1)CO. The molecule has 1 fully saturated rings. The summed E-state index contributed by atoms with van der Waals surface area (Å²) in [4.78, 5) is 2.28. The Morgan fingerprint density at radius 2 is 1.80 bits per heavy atom. The van der Waals surface area contributed by atoms with Gasteiger partial charge in [0.1, 0.15) is 0 Å². The maximum atomic E-state index is 8.69. The number of rotatable bonds is 4. The molecule has 0 bridgehead atoms. The van der Waals surface area contributed by atoms with Crippen molar-refractivity contribution in [3.63, 3.8) is 0 Å². The van der Waals surface area contributed by atoms with Gasteiger partial charge >= 0.3 is 0 Å². The number of hydrogen-bond donors (Lipinski definition) is 4. The van der Waals surface area contributed by atoms with Crippen LogP contribution in [0.15, 0.2) is 23.5 Å². The molecule has 0 unspecified atom stereocenters. The smallest absolute Gasteiger partial charge is 0.0825 e. The van der Waals surface area contributed by atoms with Crippen LogP contribution in [0.4, 0.5) is 0 Å². The molecule has 1 rings (SSSR count). The van der Waals surface area contributed by atoms with Crippen molar-refractivity contribution in [1.29, 1.82) is 0 Å². The van der Waals surface area contributed by atoms with E-state index in [1.807, 2.05) is 0 Å². The van der Waals surface area contributed by atoms with Crippen LogP contribution in [-0.2, 0) is 0 Å². The number of aliphatic hydroxyl groups excluding tert-OH is 1. The van der Waals surface area contributed by atoms with Crippen LogP contribution in [0.3, 0.4) is 0 Å². The Labute approximate surface area is 90.4 Å². The predicted octanol–water partition coefficient (Wildman–Crippen LogP) is -1.43. The average molecular weight is 212 g/mol. The standard InChI is InChI=1S/C10H20N4O/c11-9(1-2-10(12)8-15)7-14-5-3-13-4-6-14/h1-2,13,15H,3-8,11-12H2/b9-1-,10-2-. The topological polar surface area (TPSA) is 87.5 Å². The van der Waals surface area contributed by atoms with Crippen molar-refractivity contribution in [1.82, 2.24) is 10.2 Å². The summed E-state index contributed by atoms with van der Waals surface area (Å²) < 4.78 is 0. The first-order valence-electron chi connectivity index (χ1n) is 5.17. The number of nitrogens with two attached hydrogens (primary N) is 2. The summed E-state index contributed by atoms with van der Waals surface area (Å²) in [5, 5.41) is 12.0. The third-order valence-corrected chi connectivity index (χ3v) is 2.31. The molecule has 1 aliphatic heterocycles. The molecule has 5 heteroatoms. The largest absolute Gasteiger partial charge is 0.401 e. The predicted molar refractivity (Wildman–Crippen MR) is 60.9 cm³/mol. The van der Waals surface area contributed by atoms with Gasteiger partial charge in [0.05, 0.1) is 6.61 Å². The van der Waals surface area contributed by atoms with Gasteiger partial charge in [0.25, 0.3) is 0 Å². The third-order valence-electron chi connectivity index (χ3n) is 2.31. The van der Waals surface area contributed by atoms with Crippen LogP contribution in [0.25, 0.3) is 0 Å². The molecule has 0 saturated carbocycles. The second-order valence-corrected chi connectivity index (χ2v) is 3.67. The number of hydrogen-bond acceptors (Lipinski definition) is 5. The van der Waals surface area contributed by atoms with Gasteiger partial charge in [0.15, 0.2) is 0 Å². The Balaban J connectivity index is 2.36. The fourth-order valence-electron chi connectivity index (χ4n) is 1.45. The molecule has 0 atom stereocenters. The second-order valence-electron chi connectivity index (χ2n) is 3.67. The molecule has 5 nitrogen and oxygen atoms in total. The van der Waals surface area contributed by atoms with Crippen molar-refractivity contribution in [3.8, 4) is 0 Å². The average Bonchev–Trinajstić information content (AvgIpc) is 2.27. The van der Waals surface area contributed by atoms with E-state index in [0.717, 1.165) is 38.4 Å². The summed E-state index contributed by atoms with van der Waals surface area (Å²) in [5.74, 6) is 0. The molecule has 0 radical (unpaired) electrons. The van der Waals surface area contributed by atoms with Crippen LogP contribution >= 0.6 is 0 Å². The molecule has 0 aliphatic carbocycles. The van der Waals surface area contributed by atoms with E-state index in [9.17, 15) is 0 Å². The van der Waals surface area contributed by atoms with Crippen LogP contribution in [-0.4, -0.2) is 49.3 Å². The van der Waals surface area contributed by atoms with Gasteiger partial charge < -0.3 is 21.9 Å². The zero-order chi connectivity index (χ0) is 11.1. The minimum absolute atomic E-state index is 0.128. The maximum Gasteiger partial charge on any atom is 0.0825 e. The van der Waals surface area contributed by atoms with E-state index in [2.05, 4.69) is 10.2 Å². The van der Waals surface area contributed by atoms with Crippen molar-refractivity contribution < 1.29 is 5.11 Å².